The molecule has 1 saturated heterocycles. The fraction of sp³-hybridized carbons (Fsp3) is 0.240. The lowest BCUT2D eigenvalue weighted by Crippen LogP contribution is -2.46. The minimum atomic E-state index is -3.74. The Balaban J connectivity index is 0.00000274. The maximum Gasteiger partial charge on any atom is 0.226 e. The van der Waals surface area contributed by atoms with Crippen molar-refractivity contribution in [3.63, 3.8) is 0 Å². The van der Waals surface area contributed by atoms with Crippen LogP contribution in [0, 0.1) is 0 Å². The summed E-state index contributed by atoms with van der Waals surface area (Å²) >= 11 is 0. The van der Waals surface area contributed by atoms with E-state index in [1.807, 2.05) is 18.2 Å². The molecule has 1 fully saturated rings. The SMILES string of the molecule is COc1cc2[nH]nc(S(=O)(=O)c3ccccc3)c2cc1N1CCN(Cc2ccccc2)CC1.Cl. The minimum Gasteiger partial charge on any atom is -0.495 e. The highest BCUT2D eigenvalue weighted by molar-refractivity contribution is 7.91. The molecule has 3 aromatic carbocycles. The molecular formula is C25H27ClN4O3S. The summed E-state index contributed by atoms with van der Waals surface area (Å²) in [5, 5.41) is 7.64. The molecule has 0 aliphatic carbocycles. The summed E-state index contributed by atoms with van der Waals surface area (Å²) in [6.07, 6.45) is 0. The molecule has 178 valence electrons. The molecule has 1 N–H and O–H groups in total. The van der Waals surface area contributed by atoms with E-state index < -0.39 is 9.84 Å². The normalized spacial score (nSPS) is 14.7. The molecule has 0 spiro atoms. The Hall–Kier alpha value is -3.07. The Kier molecular flexibility index (Phi) is 7.11. The van der Waals surface area contributed by atoms with Gasteiger partial charge in [-0.1, -0.05) is 48.5 Å². The number of hydrogen-bond acceptors (Lipinski definition) is 6. The number of fused-ring (bicyclic) bond motifs is 1. The molecule has 1 aromatic heterocycles. The molecule has 2 heterocycles. The predicted octanol–water partition coefficient (Wildman–Crippen LogP) is 4.15. The molecule has 1 aliphatic heterocycles. The first-order chi connectivity index (χ1) is 16.1. The van der Waals surface area contributed by atoms with Gasteiger partial charge < -0.3 is 9.64 Å². The highest BCUT2D eigenvalue weighted by Gasteiger charge is 2.26. The Bertz CT molecular complexity index is 1350. The largest absolute Gasteiger partial charge is 0.495 e. The van der Waals surface area contributed by atoms with E-state index in [0.717, 1.165) is 38.4 Å². The number of halogens is 1. The molecule has 4 aromatic rings. The molecule has 0 amide bonds. The van der Waals surface area contributed by atoms with Gasteiger partial charge in [-0.2, -0.15) is 5.10 Å². The lowest BCUT2D eigenvalue weighted by Gasteiger charge is -2.36. The number of benzene rings is 3. The van der Waals surface area contributed by atoms with Crippen molar-refractivity contribution in [3.05, 3.63) is 78.4 Å². The number of ether oxygens (including phenoxy) is 1. The average molecular weight is 499 g/mol. The number of piperazine rings is 1. The summed E-state index contributed by atoms with van der Waals surface area (Å²) < 4.78 is 32.1. The van der Waals surface area contributed by atoms with Crippen LogP contribution in [0.1, 0.15) is 5.56 Å². The van der Waals surface area contributed by atoms with Gasteiger partial charge in [-0.25, -0.2) is 8.42 Å². The zero-order valence-electron chi connectivity index (χ0n) is 18.8. The summed E-state index contributed by atoms with van der Waals surface area (Å²) in [7, 11) is -2.11. The van der Waals surface area contributed by atoms with Gasteiger partial charge in [-0.05, 0) is 23.8 Å². The average Bonchev–Trinajstić information content (AvgIpc) is 3.29. The molecule has 0 atom stereocenters. The van der Waals surface area contributed by atoms with E-state index in [2.05, 4.69) is 44.3 Å². The number of nitrogens with zero attached hydrogens (tertiary/aromatic N) is 3. The van der Waals surface area contributed by atoms with E-state index in [1.165, 1.54) is 5.56 Å². The van der Waals surface area contributed by atoms with Gasteiger partial charge >= 0.3 is 0 Å². The number of aromatic amines is 1. The molecule has 0 radical (unpaired) electrons. The zero-order chi connectivity index (χ0) is 22.8. The van der Waals surface area contributed by atoms with Crippen LogP contribution in [0.2, 0.25) is 0 Å². The van der Waals surface area contributed by atoms with Crippen molar-refractivity contribution in [1.29, 1.82) is 0 Å². The van der Waals surface area contributed by atoms with Crippen molar-refractivity contribution in [1.82, 2.24) is 15.1 Å². The van der Waals surface area contributed by atoms with Crippen LogP contribution in [0.3, 0.4) is 0 Å². The van der Waals surface area contributed by atoms with Crippen molar-refractivity contribution in [2.45, 2.75) is 16.5 Å². The number of methoxy groups -OCH3 is 1. The van der Waals surface area contributed by atoms with Crippen LogP contribution in [0.15, 0.2) is 82.7 Å². The maximum absolute atomic E-state index is 13.2. The van der Waals surface area contributed by atoms with E-state index in [4.69, 9.17) is 4.74 Å². The Morgan fingerprint density at radius 3 is 2.24 bits per heavy atom. The van der Waals surface area contributed by atoms with E-state index >= 15 is 0 Å². The van der Waals surface area contributed by atoms with Crippen molar-refractivity contribution in [2.75, 3.05) is 38.2 Å². The fourth-order valence-electron chi connectivity index (χ4n) is 4.32. The first-order valence-corrected chi connectivity index (χ1v) is 12.4. The highest BCUT2D eigenvalue weighted by atomic mass is 35.5. The summed E-state index contributed by atoms with van der Waals surface area (Å²) in [4.78, 5) is 4.91. The van der Waals surface area contributed by atoms with Crippen LogP contribution in [-0.4, -0.2) is 56.8 Å². The molecule has 7 nitrogen and oxygen atoms in total. The quantitative estimate of drug-likeness (QED) is 0.430. The third-order valence-electron chi connectivity index (χ3n) is 6.10. The van der Waals surface area contributed by atoms with Crippen molar-refractivity contribution in [2.24, 2.45) is 0 Å². The second-order valence-electron chi connectivity index (χ2n) is 8.16. The molecule has 9 heteroatoms. The Morgan fingerprint density at radius 1 is 0.941 bits per heavy atom. The first-order valence-electron chi connectivity index (χ1n) is 10.9. The second-order valence-corrected chi connectivity index (χ2v) is 10.0. The number of hydrogen-bond donors (Lipinski definition) is 1. The monoisotopic (exact) mass is 498 g/mol. The number of nitrogens with one attached hydrogen (secondary N) is 1. The van der Waals surface area contributed by atoms with Crippen molar-refractivity contribution in [3.8, 4) is 5.75 Å². The van der Waals surface area contributed by atoms with Crippen LogP contribution in [0.4, 0.5) is 5.69 Å². The number of H-pyrrole nitrogens is 1. The van der Waals surface area contributed by atoms with Gasteiger partial charge in [0.2, 0.25) is 9.84 Å². The summed E-state index contributed by atoms with van der Waals surface area (Å²) in [6, 6.07) is 22.6. The number of anilines is 1. The molecule has 34 heavy (non-hydrogen) atoms. The first kappa shape index (κ1) is 24.1. The fourth-order valence-corrected chi connectivity index (χ4v) is 5.69. The predicted molar refractivity (Wildman–Crippen MR) is 136 cm³/mol. The molecule has 5 rings (SSSR count). The van der Waals surface area contributed by atoms with Gasteiger partial charge in [0, 0.05) is 44.2 Å². The zero-order valence-corrected chi connectivity index (χ0v) is 20.5. The van der Waals surface area contributed by atoms with Crippen LogP contribution in [-0.2, 0) is 16.4 Å². The lowest BCUT2D eigenvalue weighted by atomic mass is 10.1. The second kappa shape index (κ2) is 10.0. The highest BCUT2D eigenvalue weighted by Crippen LogP contribution is 2.36. The van der Waals surface area contributed by atoms with Gasteiger partial charge in [0.25, 0.3) is 0 Å². The number of sulfone groups is 1. The van der Waals surface area contributed by atoms with Gasteiger partial charge in [0.15, 0.2) is 5.03 Å². The summed E-state index contributed by atoms with van der Waals surface area (Å²) in [5.74, 6) is 0.700. The summed E-state index contributed by atoms with van der Waals surface area (Å²) in [6.45, 7) is 4.40. The van der Waals surface area contributed by atoms with Crippen LogP contribution >= 0.6 is 12.4 Å². The van der Waals surface area contributed by atoms with Crippen LogP contribution in [0.5, 0.6) is 5.75 Å². The molecular weight excluding hydrogens is 472 g/mol. The molecule has 0 bridgehead atoms. The Labute approximate surface area is 205 Å². The topological polar surface area (TPSA) is 78.5 Å². The Morgan fingerprint density at radius 2 is 1.59 bits per heavy atom. The van der Waals surface area contributed by atoms with Crippen LogP contribution < -0.4 is 9.64 Å². The van der Waals surface area contributed by atoms with Gasteiger partial charge in [-0.15, -0.1) is 12.4 Å². The molecule has 1 aliphatic rings. The van der Waals surface area contributed by atoms with E-state index in [9.17, 15) is 8.42 Å². The van der Waals surface area contributed by atoms with Gasteiger partial charge in [0.05, 0.1) is 23.2 Å². The van der Waals surface area contributed by atoms with Gasteiger partial charge in [0.1, 0.15) is 5.75 Å². The number of aromatic nitrogens is 2. The minimum absolute atomic E-state index is 0. The third kappa shape index (κ3) is 4.61. The van der Waals surface area contributed by atoms with E-state index in [1.54, 1.807) is 37.4 Å². The summed E-state index contributed by atoms with van der Waals surface area (Å²) in [5.41, 5.74) is 2.82. The van der Waals surface area contributed by atoms with E-state index in [0.29, 0.717) is 16.7 Å². The molecule has 0 saturated carbocycles. The standard InChI is InChI=1S/C25H26N4O3S.ClH/c1-32-24-17-22-21(25(27-26-22)33(30,31)20-10-6-3-7-11-20)16-23(24)29-14-12-28(13-15-29)18-19-8-4-2-5-9-19;/h2-11,16-17H,12-15,18H2,1H3,(H,26,27);1H. The van der Waals surface area contributed by atoms with Crippen molar-refractivity contribution < 1.29 is 13.2 Å². The number of rotatable bonds is 6. The molecule has 0 unspecified atom stereocenters. The third-order valence-corrected chi connectivity index (χ3v) is 7.81. The van der Waals surface area contributed by atoms with E-state index in [-0.39, 0.29) is 22.3 Å². The van der Waals surface area contributed by atoms with Gasteiger partial charge in [-0.3, -0.25) is 10.00 Å². The maximum atomic E-state index is 13.2. The smallest absolute Gasteiger partial charge is 0.226 e. The van der Waals surface area contributed by atoms with Crippen LogP contribution in [0.25, 0.3) is 10.9 Å². The van der Waals surface area contributed by atoms with Crippen molar-refractivity contribution >= 4 is 38.8 Å². The lowest BCUT2D eigenvalue weighted by molar-refractivity contribution is 0.249.